The number of aryl methyl sites for hydroxylation is 2. The van der Waals surface area contributed by atoms with Crippen LogP contribution in [0.3, 0.4) is 0 Å². The molecule has 1 N–H and O–H groups in total. The predicted octanol–water partition coefficient (Wildman–Crippen LogP) is 2.63. The summed E-state index contributed by atoms with van der Waals surface area (Å²) in [5, 5.41) is 9.36. The van der Waals surface area contributed by atoms with Gasteiger partial charge < -0.3 is 10.0 Å². The Labute approximate surface area is 108 Å². The number of carbonyl (C=O) groups is 1. The Hall–Kier alpha value is -1.58. The first kappa shape index (κ1) is 12.9. The van der Waals surface area contributed by atoms with Gasteiger partial charge in [-0.15, -0.1) is 0 Å². The van der Waals surface area contributed by atoms with Crippen LogP contribution in [-0.4, -0.2) is 29.1 Å². The van der Waals surface area contributed by atoms with Crippen molar-refractivity contribution in [2.45, 2.75) is 39.7 Å². The van der Waals surface area contributed by atoms with Crippen molar-refractivity contribution in [1.29, 1.82) is 0 Å². The maximum absolute atomic E-state index is 11.4. The number of rotatable bonds is 4. The second-order valence-electron chi connectivity index (χ2n) is 5.27. The summed E-state index contributed by atoms with van der Waals surface area (Å²) >= 11 is 0. The second-order valence-corrected chi connectivity index (χ2v) is 5.27. The molecule has 1 unspecified atom stereocenters. The Morgan fingerprint density at radius 1 is 1.50 bits per heavy atom. The van der Waals surface area contributed by atoms with Crippen LogP contribution in [-0.2, 0) is 0 Å². The average molecular weight is 248 g/mol. The Bertz CT molecular complexity index is 481. The van der Waals surface area contributed by atoms with E-state index in [0.29, 0.717) is 23.3 Å². The molecule has 4 nitrogen and oxygen atoms in total. The first-order valence-corrected chi connectivity index (χ1v) is 6.36. The minimum absolute atomic E-state index is 0.329. The fraction of sp³-hybridized carbons (Fsp3) is 0.571. The first-order valence-electron chi connectivity index (χ1n) is 6.36. The third kappa shape index (κ3) is 2.33. The molecule has 1 saturated carbocycles. The molecule has 1 aliphatic carbocycles. The molecule has 2 rings (SSSR count). The van der Waals surface area contributed by atoms with Crippen LogP contribution in [0, 0.1) is 19.8 Å². The molecule has 0 amide bonds. The SMILES string of the molecule is Cc1cc(C)c(C(=O)O)c(N(C)C(C)C2CC2)n1. The van der Waals surface area contributed by atoms with Crippen molar-refractivity contribution < 1.29 is 9.90 Å². The Kier molecular flexibility index (Phi) is 3.28. The van der Waals surface area contributed by atoms with Crippen LogP contribution in [0.4, 0.5) is 5.82 Å². The smallest absolute Gasteiger partial charge is 0.339 e. The number of pyridine rings is 1. The standard InChI is InChI=1S/C14H20N2O2/c1-8-7-9(2)15-13(12(8)14(17)18)16(4)10(3)11-5-6-11/h7,10-11H,5-6H2,1-4H3,(H,17,18). The Morgan fingerprint density at radius 3 is 2.61 bits per heavy atom. The van der Waals surface area contributed by atoms with E-state index >= 15 is 0 Å². The first-order chi connectivity index (χ1) is 8.41. The molecule has 0 aromatic carbocycles. The van der Waals surface area contributed by atoms with Gasteiger partial charge in [-0.2, -0.15) is 0 Å². The highest BCUT2D eigenvalue weighted by atomic mass is 16.4. The van der Waals surface area contributed by atoms with E-state index in [1.54, 1.807) is 0 Å². The molecule has 18 heavy (non-hydrogen) atoms. The lowest BCUT2D eigenvalue weighted by atomic mass is 10.1. The maximum atomic E-state index is 11.4. The lowest BCUT2D eigenvalue weighted by Gasteiger charge is -2.28. The van der Waals surface area contributed by atoms with Gasteiger partial charge in [0.2, 0.25) is 0 Å². The van der Waals surface area contributed by atoms with Gasteiger partial charge in [0.1, 0.15) is 11.4 Å². The minimum atomic E-state index is -0.898. The van der Waals surface area contributed by atoms with Crippen LogP contribution in [0.25, 0.3) is 0 Å². The summed E-state index contributed by atoms with van der Waals surface area (Å²) in [4.78, 5) is 17.8. The van der Waals surface area contributed by atoms with Crippen molar-refractivity contribution in [3.63, 3.8) is 0 Å². The number of hydrogen-bond acceptors (Lipinski definition) is 3. The van der Waals surface area contributed by atoms with Crippen molar-refractivity contribution in [2.75, 3.05) is 11.9 Å². The Balaban J connectivity index is 2.44. The summed E-state index contributed by atoms with van der Waals surface area (Å²) in [6.45, 7) is 5.87. The monoisotopic (exact) mass is 248 g/mol. The molecule has 1 fully saturated rings. The number of hydrogen-bond donors (Lipinski definition) is 1. The van der Waals surface area contributed by atoms with E-state index < -0.39 is 5.97 Å². The van der Waals surface area contributed by atoms with Gasteiger partial charge in [-0.05, 0) is 51.2 Å². The van der Waals surface area contributed by atoms with Crippen LogP contribution in [0.1, 0.15) is 41.4 Å². The normalized spacial score (nSPS) is 16.4. The topological polar surface area (TPSA) is 53.4 Å². The van der Waals surface area contributed by atoms with Gasteiger partial charge in [0.15, 0.2) is 0 Å². The fourth-order valence-corrected chi connectivity index (χ4v) is 2.42. The van der Waals surface area contributed by atoms with Crippen LogP contribution in [0.2, 0.25) is 0 Å². The van der Waals surface area contributed by atoms with E-state index in [2.05, 4.69) is 11.9 Å². The van der Waals surface area contributed by atoms with E-state index in [4.69, 9.17) is 0 Å². The van der Waals surface area contributed by atoms with Crippen molar-refractivity contribution in [2.24, 2.45) is 5.92 Å². The predicted molar refractivity (Wildman–Crippen MR) is 71.3 cm³/mol. The van der Waals surface area contributed by atoms with Gasteiger partial charge in [0.25, 0.3) is 0 Å². The Morgan fingerprint density at radius 2 is 2.11 bits per heavy atom. The third-order valence-corrected chi connectivity index (χ3v) is 3.79. The van der Waals surface area contributed by atoms with Crippen LogP contribution >= 0.6 is 0 Å². The molecule has 0 saturated heterocycles. The number of aromatic nitrogens is 1. The number of nitrogens with zero attached hydrogens (tertiary/aromatic N) is 2. The van der Waals surface area contributed by atoms with Gasteiger partial charge in [-0.1, -0.05) is 0 Å². The molecule has 1 atom stereocenters. The second kappa shape index (κ2) is 4.59. The van der Waals surface area contributed by atoms with Crippen molar-refractivity contribution in [3.8, 4) is 0 Å². The zero-order chi connectivity index (χ0) is 13.4. The van der Waals surface area contributed by atoms with Gasteiger partial charge in [-0.25, -0.2) is 9.78 Å². The summed E-state index contributed by atoms with van der Waals surface area (Å²) in [6, 6.07) is 2.17. The molecule has 98 valence electrons. The van der Waals surface area contributed by atoms with Gasteiger partial charge in [0, 0.05) is 18.8 Å². The molecule has 0 spiro atoms. The van der Waals surface area contributed by atoms with E-state index in [9.17, 15) is 9.90 Å². The third-order valence-electron chi connectivity index (χ3n) is 3.79. The summed E-state index contributed by atoms with van der Waals surface area (Å²) in [5.74, 6) is 0.378. The van der Waals surface area contributed by atoms with E-state index in [1.165, 1.54) is 12.8 Å². The fourth-order valence-electron chi connectivity index (χ4n) is 2.42. The molecule has 1 aromatic heterocycles. The van der Waals surface area contributed by atoms with Crippen LogP contribution in [0.5, 0.6) is 0 Å². The number of anilines is 1. The summed E-state index contributed by atoms with van der Waals surface area (Å²) < 4.78 is 0. The summed E-state index contributed by atoms with van der Waals surface area (Å²) in [5.41, 5.74) is 1.97. The highest BCUT2D eigenvalue weighted by molar-refractivity contribution is 5.95. The average Bonchev–Trinajstić information content (AvgIpc) is 3.08. The molecular formula is C14H20N2O2. The molecule has 0 aliphatic heterocycles. The lowest BCUT2D eigenvalue weighted by molar-refractivity contribution is 0.0696. The molecule has 0 bridgehead atoms. The number of carboxylic acid groups (broad SMARTS) is 1. The molecule has 1 heterocycles. The maximum Gasteiger partial charge on any atom is 0.339 e. The van der Waals surface area contributed by atoms with Crippen LogP contribution in [0.15, 0.2) is 6.07 Å². The zero-order valence-electron chi connectivity index (χ0n) is 11.4. The van der Waals surface area contributed by atoms with Crippen molar-refractivity contribution in [3.05, 3.63) is 22.9 Å². The molecule has 1 aromatic rings. The summed E-state index contributed by atoms with van der Waals surface area (Å²) in [7, 11) is 1.94. The van der Waals surface area contributed by atoms with E-state index in [1.807, 2.05) is 31.9 Å². The largest absolute Gasteiger partial charge is 0.478 e. The van der Waals surface area contributed by atoms with Gasteiger partial charge in [0.05, 0.1) is 0 Å². The summed E-state index contributed by atoms with van der Waals surface area (Å²) in [6.07, 6.45) is 2.47. The number of carboxylic acids is 1. The van der Waals surface area contributed by atoms with E-state index in [0.717, 1.165) is 11.3 Å². The van der Waals surface area contributed by atoms with Crippen LogP contribution < -0.4 is 4.90 Å². The molecule has 1 aliphatic rings. The zero-order valence-corrected chi connectivity index (χ0v) is 11.4. The van der Waals surface area contributed by atoms with Gasteiger partial charge in [-0.3, -0.25) is 0 Å². The van der Waals surface area contributed by atoms with Gasteiger partial charge >= 0.3 is 5.97 Å². The minimum Gasteiger partial charge on any atom is -0.478 e. The van der Waals surface area contributed by atoms with Crippen molar-refractivity contribution in [1.82, 2.24) is 4.98 Å². The highest BCUT2D eigenvalue weighted by Crippen LogP contribution is 2.36. The lowest BCUT2D eigenvalue weighted by Crippen LogP contribution is -2.33. The number of aromatic carboxylic acids is 1. The highest BCUT2D eigenvalue weighted by Gasteiger charge is 2.32. The van der Waals surface area contributed by atoms with Crippen molar-refractivity contribution >= 4 is 11.8 Å². The molecule has 0 radical (unpaired) electrons. The quantitative estimate of drug-likeness (QED) is 0.890. The molecular weight excluding hydrogens is 228 g/mol. The molecule has 4 heteroatoms. The van der Waals surface area contributed by atoms with E-state index in [-0.39, 0.29) is 0 Å².